The number of hydrogen-bond donors (Lipinski definition) is 0. The molecule has 3 heterocycles. The Balaban J connectivity index is 1.68. The molecule has 2 aromatic heterocycles. The summed E-state index contributed by atoms with van der Waals surface area (Å²) in [7, 11) is 1.66. The van der Waals surface area contributed by atoms with Gasteiger partial charge in [-0.3, -0.25) is 9.78 Å². The lowest BCUT2D eigenvalue weighted by Crippen LogP contribution is -2.45. The Kier molecular flexibility index (Phi) is 6.55. The van der Waals surface area contributed by atoms with Gasteiger partial charge < -0.3 is 14.5 Å². The van der Waals surface area contributed by atoms with Gasteiger partial charge in [0.05, 0.1) is 12.5 Å². The van der Waals surface area contributed by atoms with E-state index in [1.807, 2.05) is 41.4 Å². The number of ether oxygens (including phenoxy) is 1. The van der Waals surface area contributed by atoms with Crippen LogP contribution in [0, 0.1) is 5.92 Å². The van der Waals surface area contributed by atoms with Crippen LogP contribution in [0.25, 0.3) is 0 Å². The lowest BCUT2D eigenvalue weighted by molar-refractivity contribution is -0.137. The van der Waals surface area contributed by atoms with Crippen LogP contribution in [0.2, 0.25) is 0 Å². The predicted molar refractivity (Wildman–Crippen MR) is 101 cm³/mol. The quantitative estimate of drug-likeness (QED) is 0.764. The van der Waals surface area contributed by atoms with Crippen molar-refractivity contribution in [2.75, 3.05) is 38.3 Å². The number of aromatic nitrogens is 2. The summed E-state index contributed by atoms with van der Waals surface area (Å²) in [5, 5.41) is 0. The maximum atomic E-state index is 13.2. The van der Waals surface area contributed by atoms with E-state index in [-0.39, 0.29) is 11.8 Å². The second kappa shape index (κ2) is 9.29. The molecule has 0 spiro atoms. The minimum absolute atomic E-state index is 0.0146. The van der Waals surface area contributed by atoms with Crippen LogP contribution in [0.5, 0.6) is 0 Å². The van der Waals surface area contributed by atoms with E-state index >= 15 is 0 Å². The van der Waals surface area contributed by atoms with Crippen molar-refractivity contribution in [3.05, 3.63) is 54.5 Å². The highest BCUT2D eigenvalue weighted by molar-refractivity contribution is 5.79. The van der Waals surface area contributed by atoms with Gasteiger partial charge in [0.1, 0.15) is 5.82 Å². The highest BCUT2D eigenvalue weighted by Crippen LogP contribution is 2.23. The average molecular weight is 354 g/mol. The first-order valence-corrected chi connectivity index (χ1v) is 9.10. The van der Waals surface area contributed by atoms with Crippen molar-refractivity contribution in [1.82, 2.24) is 14.9 Å². The van der Waals surface area contributed by atoms with Crippen molar-refractivity contribution < 1.29 is 9.53 Å². The zero-order chi connectivity index (χ0) is 18.2. The van der Waals surface area contributed by atoms with Crippen LogP contribution in [-0.2, 0) is 16.1 Å². The van der Waals surface area contributed by atoms with Crippen LogP contribution in [-0.4, -0.2) is 54.1 Å². The van der Waals surface area contributed by atoms with E-state index in [0.29, 0.717) is 26.2 Å². The van der Waals surface area contributed by atoms with Gasteiger partial charge in [-0.2, -0.15) is 0 Å². The number of carbonyl (C=O) groups excluding carboxylic acids is 1. The Morgan fingerprint density at radius 1 is 1.31 bits per heavy atom. The highest BCUT2D eigenvalue weighted by Gasteiger charge is 2.29. The molecule has 2 aromatic rings. The number of methoxy groups -OCH3 is 1. The number of amides is 1. The smallest absolute Gasteiger partial charge is 0.227 e. The lowest BCUT2D eigenvalue weighted by atomic mass is 9.96. The Morgan fingerprint density at radius 3 is 2.96 bits per heavy atom. The second-order valence-corrected chi connectivity index (χ2v) is 6.59. The van der Waals surface area contributed by atoms with Gasteiger partial charge in [0.15, 0.2) is 0 Å². The van der Waals surface area contributed by atoms with Gasteiger partial charge in [-0.25, -0.2) is 4.98 Å². The molecule has 1 atom stereocenters. The molecular formula is C20H26N4O2. The molecule has 0 saturated carbocycles. The van der Waals surface area contributed by atoms with Crippen molar-refractivity contribution in [1.29, 1.82) is 0 Å². The molecule has 1 fully saturated rings. The molecule has 0 N–H and O–H groups in total. The molecule has 1 aliphatic rings. The molecule has 26 heavy (non-hydrogen) atoms. The van der Waals surface area contributed by atoms with Crippen LogP contribution >= 0.6 is 0 Å². The van der Waals surface area contributed by atoms with Crippen molar-refractivity contribution >= 4 is 11.7 Å². The number of nitrogens with zero attached hydrogens (tertiary/aromatic N) is 4. The van der Waals surface area contributed by atoms with E-state index in [1.54, 1.807) is 19.5 Å². The van der Waals surface area contributed by atoms with Crippen molar-refractivity contribution in [2.45, 2.75) is 19.4 Å². The van der Waals surface area contributed by atoms with Gasteiger partial charge in [0, 0.05) is 51.9 Å². The predicted octanol–water partition coefficient (Wildman–Crippen LogP) is 2.37. The van der Waals surface area contributed by atoms with Crippen molar-refractivity contribution in [3.63, 3.8) is 0 Å². The summed E-state index contributed by atoms with van der Waals surface area (Å²) >= 11 is 0. The first-order valence-electron chi connectivity index (χ1n) is 9.10. The van der Waals surface area contributed by atoms with Crippen LogP contribution < -0.4 is 4.90 Å². The SMILES string of the molecule is COCCN(Cc1cccnc1)C(=O)C1CCCN(c2ccccn2)C1. The summed E-state index contributed by atoms with van der Waals surface area (Å²) in [6.07, 6.45) is 7.27. The van der Waals surface area contributed by atoms with Crippen LogP contribution in [0.4, 0.5) is 5.82 Å². The number of rotatable bonds is 7. The molecule has 1 amide bonds. The molecule has 0 radical (unpaired) electrons. The second-order valence-electron chi connectivity index (χ2n) is 6.59. The Hall–Kier alpha value is -2.47. The Bertz CT molecular complexity index is 681. The number of hydrogen-bond acceptors (Lipinski definition) is 5. The van der Waals surface area contributed by atoms with E-state index in [2.05, 4.69) is 14.9 Å². The Labute approximate surface area is 154 Å². The zero-order valence-corrected chi connectivity index (χ0v) is 15.3. The van der Waals surface area contributed by atoms with Gasteiger partial charge in [-0.05, 0) is 36.6 Å². The fourth-order valence-electron chi connectivity index (χ4n) is 3.37. The summed E-state index contributed by atoms with van der Waals surface area (Å²) < 4.78 is 5.21. The molecule has 1 saturated heterocycles. The summed E-state index contributed by atoms with van der Waals surface area (Å²) in [6, 6.07) is 9.81. The molecule has 0 bridgehead atoms. The molecule has 1 unspecified atom stereocenters. The van der Waals surface area contributed by atoms with Crippen LogP contribution in [0.3, 0.4) is 0 Å². The summed E-state index contributed by atoms with van der Waals surface area (Å²) in [5.41, 5.74) is 1.04. The van der Waals surface area contributed by atoms with E-state index in [9.17, 15) is 4.79 Å². The maximum absolute atomic E-state index is 13.2. The Morgan fingerprint density at radius 2 is 2.23 bits per heavy atom. The third-order valence-corrected chi connectivity index (χ3v) is 4.72. The zero-order valence-electron chi connectivity index (χ0n) is 15.3. The van der Waals surface area contributed by atoms with Crippen LogP contribution in [0.15, 0.2) is 48.9 Å². The van der Waals surface area contributed by atoms with E-state index in [4.69, 9.17) is 4.74 Å². The van der Waals surface area contributed by atoms with E-state index in [1.165, 1.54) is 0 Å². The monoisotopic (exact) mass is 354 g/mol. The summed E-state index contributed by atoms with van der Waals surface area (Å²) in [6.45, 7) is 3.34. The number of anilines is 1. The van der Waals surface area contributed by atoms with Crippen molar-refractivity contribution in [3.8, 4) is 0 Å². The van der Waals surface area contributed by atoms with Crippen LogP contribution in [0.1, 0.15) is 18.4 Å². The third kappa shape index (κ3) is 4.79. The minimum atomic E-state index is -0.0146. The fraction of sp³-hybridized carbons (Fsp3) is 0.450. The summed E-state index contributed by atoms with van der Waals surface area (Å²) in [5.74, 6) is 1.12. The number of piperidine rings is 1. The van der Waals surface area contributed by atoms with Gasteiger partial charge in [-0.1, -0.05) is 12.1 Å². The molecule has 6 heteroatoms. The van der Waals surface area contributed by atoms with Gasteiger partial charge in [0.25, 0.3) is 0 Å². The largest absolute Gasteiger partial charge is 0.383 e. The average Bonchev–Trinajstić information content (AvgIpc) is 2.72. The fourth-order valence-corrected chi connectivity index (χ4v) is 3.37. The minimum Gasteiger partial charge on any atom is -0.383 e. The van der Waals surface area contributed by atoms with E-state index in [0.717, 1.165) is 30.8 Å². The topological polar surface area (TPSA) is 58.6 Å². The molecule has 1 aliphatic heterocycles. The van der Waals surface area contributed by atoms with Gasteiger partial charge >= 0.3 is 0 Å². The standard InChI is InChI=1S/C20H26N4O2/c1-26-13-12-24(15-17-6-4-9-21-14-17)20(25)18-7-5-11-23(16-18)19-8-2-3-10-22-19/h2-4,6,8-10,14,18H,5,7,11-13,15-16H2,1H3. The molecule has 0 aliphatic carbocycles. The number of pyridine rings is 2. The number of carbonyl (C=O) groups is 1. The van der Waals surface area contributed by atoms with Crippen molar-refractivity contribution in [2.24, 2.45) is 5.92 Å². The molecule has 6 nitrogen and oxygen atoms in total. The lowest BCUT2D eigenvalue weighted by Gasteiger charge is -2.35. The molecule has 3 rings (SSSR count). The third-order valence-electron chi connectivity index (χ3n) is 4.72. The summed E-state index contributed by atoms with van der Waals surface area (Å²) in [4.78, 5) is 25.9. The van der Waals surface area contributed by atoms with E-state index < -0.39 is 0 Å². The first-order chi connectivity index (χ1) is 12.8. The first kappa shape index (κ1) is 18.3. The molecule has 138 valence electrons. The maximum Gasteiger partial charge on any atom is 0.227 e. The molecular weight excluding hydrogens is 328 g/mol. The van der Waals surface area contributed by atoms with Gasteiger partial charge in [0.2, 0.25) is 5.91 Å². The molecule has 0 aromatic carbocycles. The van der Waals surface area contributed by atoms with Gasteiger partial charge in [-0.15, -0.1) is 0 Å². The normalized spacial score (nSPS) is 17.1. The highest BCUT2D eigenvalue weighted by atomic mass is 16.5.